The van der Waals surface area contributed by atoms with Gasteiger partial charge in [0.25, 0.3) is 0 Å². The molecule has 148 valence electrons. The van der Waals surface area contributed by atoms with Crippen LogP contribution in [0.25, 0.3) is 10.2 Å². The fourth-order valence-corrected chi connectivity index (χ4v) is 4.90. The number of thiazole rings is 1. The third kappa shape index (κ3) is 4.30. The number of hydrogen-bond acceptors (Lipinski definition) is 4. The minimum Gasteiger partial charge on any atom is -0.387 e. The number of aliphatic hydroxyl groups excluding tert-OH is 1. The van der Waals surface area contributed by atoms with E-state index < -0.39 is 6.10 Å². The van der Waals surface area contributed by atoms with E-state index in [1.54, 1.807) is 12.1 Å². The molecule has 0 spiro atoms. The van der Waals surface area contributed by atoms with E-state index >= 15 is 0 Å². The van der Waals surface area contributed by atoms with Gasteiger partial charge in [-0.2, -0.15) is 0 Å². The predicted octanol–water partition coefficient (Wildman–Crippen LogP) is 4.30. The van der Waals surface area contributed by atoms with E-state index in [9.17, 15) is 14.3 Å². The van der Waals surface area contributed by atoms with E-state index in [1.807, 2.05) is 22.8 Å². The van der Waals surface area contributed by atoms with E-state index in [0.29, 0.717) is 24.0 Å². The second-order valence-corrected chi connectivity index (χ2v) is 8.83. The first-order valence-corrected chi connectivity index (χ1v) is 10.6. The topological polar surface area (TPSA) is 45.5 Å². The molecule has 1 aromatic heterocycles. The predicted molar refractivity (Wildman–Crippen MR) is 112 cm³/mol. The zero-order valence-electron chi connectivity index (χ0n) is 15.4. The van der Waals surface area contributed by atoms with Gasteiger partial charge in [-0.05, 0) is 67.7 Å². The summed E-state index contributed by atoms with van der Waals surface area (Å²) < 4.78 is 15.8. The lowest BCUT2D eigenvalue weighted by Gasteiger charge is -2.33. The zero-order valence-corrected chi connectivity index (χ0v) is 16.9. The van der Waals surface area contributed by atoms with Gasteiger partial charge in [0.05, 0.1) is 16.3 Å². The minimum absolute atomic E-state index is 0.0615. The molecule has 1 aliphatic rings. The Kier molecular flexibility index (Phi) is 5.83. The van der Waals surface area contributed by atoms with E-state index in [-0.39, 0.29) is 10.7 Å². The van der Waals surface area contributed by atoms with Crippen molar-refractivity contribution in [3.8, 4) is 0 Å². The third-order valence-electron chi connectivity index (χ3n) is 5.46. The van der Waals surface area contributed by atoms with Gasteiger partial charge in [0, 0.05) is 18.1 Å². The highest BCUT2D eigenvalue weighted by Gasteiger charge is 2.23. The number of fused-ring (bicyclic) bond motifs is 1. The smallest absolute Gasteiger partial charge is 0.308 e. The van der Waals surface area contributed by atoms with E-state index in [1.165, 1.54) is 23.5 Å². The molecular weight excluding hydrogens is 399 g/mol. The molecule has 0 unspecified atom stereocenters. The number of aromatic nitrogens is 1. The summed E-state index contributed by atoms with van der Waals surface area (Å²) in [4.78, 5) is 14.7. The van der Waals surface area contributed by atoms with Crippen LogP contribution in [0.1, 0.15) is 24.5 Å². The second kappa shape index (κ2) is 8.33. The Hall–Kier alpha value is -1.73. The lowest BCUT2D eigenvalue weighted by molar-refractivity contribution is 0.0867. The van der Waals surface area contributed by atoms with E-state index in [0.717, 1.165) is 41.7 Å². The number of likely N-dealkylation sites (tertiary alicyclic amines) is 1. The molecule has 28 heavy (non-hydrogen) atoms. The Labute approximate surface area is 171 Å². The van der Waals surface area contributed by atoms with Crippen LogP contribution in [-0.2, 0) is 6.54 Å². The maximum absolute atomic E-state index is 13.0. The fourth-order valence-electron chi connectivity index (χ4n) is 3.85. The van der Waals surface area contributed by atoms with Gasteiger partial charge in [0.1, 0.15) is 5.82 Å². The number of nitrogens with zero attached hydrogens (tertiary/aromatic N) is 2. The number of benzene rings is 2. The number of piperidine rings is 1. The van der Waals surface area contributed by atoms with Crippen molar-refractivity contribution >= 4 is 33.2 Å². The highest BCUT2D eigenvalue weighted by atomic mass is 35.5. The van der Waals surface area contributed by atoms with Crippen LogP contribution < -0.4 is 4.87 Å². The van der Waals surface area contributed by atoms with Crippen molar-refractivity contribution in [2.45, 2.75) is 25.5 Å². The third-order valence-corrected chi connectivity index (χ3v) is 6.66. The lowest BCUT2D eigenvalue weighted by atomic mass is 9.96. The van der Waals surface area contributed by atoms with Gasteiger partial charge in [-0.25, -0.2) is 4.39 Å². The SMILES string of the molecule is O=c1sc2ccc(Cl)cc2n1CC1CCN(C[C@H](O)c2ccc(F)cc2)CC1. The van der Waals surface area contributed by atoms with Crippen molar-refractivity contribution in [2.24, 2.45) is 5.92 Å². The van der Waals surface area contributed by atoms with Gasteiger partial charge in [0.15, 0.2) is 0 Å². The molecule has 2 aromatic carbocycles. The highest BCUT2D eigenvalue weighted by molar-refractivity contribution is 7.16. The minimum atomic E-state index is -0.622. The molecule has 3 aromatic rings. The molecule has 0 amide bonds. The van der Waals surface area contributed by atoms with Crippen molar-refractivity contribution in [2.75, 3.05) is 19.6 Å². The van der Waals surface area contributed by atoms with Gasteiger partial charge in [-0.15, -0.1) is 0 Å². The number of β-amino-alcohol motifs (C(OH)–C–C–N with tert-alkyl or cyclic N) is 1. The van der Waals surface area contributed by atoms with Crippen LogP contribution in [-0.4, -0.2) is 34.2 Å². The Morgan fingerprint density at radius 3 is 2.61 bits per heavy atom. The monoisotopic (exact) mass is 420 g/mol. The summed E-state index contributed by atoms with van der Waals surface area (Å²) in [6, 6.07) is 11.6. The van der Waals surface area contributed by atoms with Crippen molar-refractivity contribution in [3.05, 3.63) is 68.5 Å². The Balaban J connectivity index is 1.36. The lowest BCUT2D eigenvalue weighted by Crippen LogP contribution is -2.38. The van der Waals surface area contributed by atoms with Crippen molar-refractivity contribution in [3.63, 3.8) is 0 Å². The van der Waals surface area contributed by atoms with Gasteiger partial charge < -0.3 is 10.0 Å². The van der Waals surface area contributed by atoms with Gasteiger partial charge in [0.2, 0.25) is 0 Å². The fraction of sp³-hybridized carbons (Fsp3) is 0.381. The second-order valence-electron chi connectivity index (χ2n) is 7.40. The Morgan fingerprint density at radius 2 is 1.89 bits per heavy atom. The molecule has 1 aliphatic heterocycles. The van der Waals surface area contributed by atoms with Gasteiger partial charge >= 0.3 is 4.87 Å². The van der Waals surface area contributed by atoms with Gasteiger partial charge in [-0.1, -0.05) is 35.1 Å². The molecule has 4 nitrogen and oxygen atoms in total. The summed E-state index contributed by atoms with van der Waals surface area (Å²) in [5.41, 5.74) is 1.65. The molecule has 1 saturated heterocycles. The molecule has 0 bridgehead atoms. The van der Waals surface area contributed by atoms with Crippen LogP contribution in [0, 0.1) is 11.7 Å². The molecule has 1 fully saturated rings. The normalized spacial score (nSPS) is 17.2. The average Bonchev–Trinajstić information content (AvgIpc) is 2.98. The summed E-state index contributed by atoms with van der Waals surface area (Å²) in [6.07, 6.45) is 1.32. The van der Waals surface area contributed by atoms with E-state index in [4.69, 9.17) is 11.6 Å². The van der Waals surface area contributed by atoms with Crippen LogP contribution >= 0.6 is 22.9 Å². The highest BCUT2D eigenvalue weighted by Crippen LogP contribution is 2.26. The molecule has 1 atom stereocenters. The summed E-state index contributed by atoms with van der Waals surface area (Å²) in [5.74, 6) is 0.128. The average molecular weight is 421 g/mol. The first-order valence-electron chi connectivity index (χ1n) is 9.44. The van der Waals surface area contributed by atoms with Crippen LogP contribution in [0.5, 0.6) is 0 Å². The van der Waals surface area contributed by atoms with Crippen LogP contribution in [0.4, 0.5) is 4.39 Å². The molecule has 0 aliphatic carbocycles. The van der Waals surface area contributed by atoms with Crippen molar-refractivity contribution in [1.29, 1.82) is 0 Å². The quantitative estimate of drug-likeness (QED) is 0.669. The van der Waals surface area contributed by atoms with E-state index in [2.05, 4.69) is 4.90 Å². The molecule has 7 heteroatoms. The first-order chi connectivity index (χ1) is 13.5. The first kappa shape index (κ1) is 19.6. The van der Waals surface area contributed by atoms with Crippen LogP contribution in [0.3, 0.4) is 0 Å². The number of halogens is 2. The number of aliphatic hydroxyl groups is 1. The molecule has 2 heterocycles. The Morgan fingerprint density at radius 1 is 1.18 bits per heavy atom. The molecule has 0 saturated carbocycles. The summed E-state index contributed by atoms with van der Waals surface area (Å²) in [5, 5.41) is 11.0. The molecule has 1 N–H and O–H groups in total. The maximum Gasteiger partial charge on any atom is 0.308 e. The summed E-state index contributed by atoms with van der Waals surface area (Å²) in [7, 11) is 0. The Bertz CT molecular complexity index is 1010. The van der Waals surface area contributed by atoms with Crippen LogP contribution in [0.2, 0.25) is 5.02 Å². The maximum atomic E-state index is 13.0. The molecular formula is C21H22ClFN2O2S. The molecule has 0 radical (unpaired) electrons. The van der Waals surface area contributed by atoms with Crippen molar-refractivity contribution in [1.82, 2.24) is 9.47 Å². The zero-order chi connectivity index (χ0) is 19.7. The standard InChI is InChI=1S/C21H22ClFN2O2S/c22-16-3-6-20-18(11-16)25(21(27)28-20)12-14-7-9-24(10-8-14)13-19(26)15-1-4-17(23)5-2-15/h1-6,11,14,19,26H,7-10,12-13H2/t19-/m0/s1. The number of rotatable bonds is 5. The largest absolute Gasteiger partial charge is 0.387 e. The van der Waals surface area contributed by atoms with Gasteiger partial charge in [-0.3, -0.25) is 9.36 Å². The summed E-state index contributed by atoms with van der Waals surface area (Å²) >= 11 is 7.37. The van der Waals surface area contributed by atoms with Crippen LogP contribution in [0.15, 0.2) is 47.3 Å². The number of hydrogen-bond donors (Lipinski definition) is 1. The molecule has 4 rings (SSSR count). The summed E-state index contributed by atoms with van der Waals surface area (Å²) in [6.45, 7) is 2.99. The van der Waals surface area contributed by atoms with Crippen molar-refractivity contribution < 1.29 is 9.50 Å².